The van der Waals surface area contributed by atoms with Gasteiger partial charge >= 0.3 is 0 Å². The van der Waals surface area contributed by atoms with E-state index >= 15 is 0 Å². The largest absolute Gasteiger partial charge is 0.320 e. The topological polar surface area (TPSA) is 78.7 Å². The summed E-state index contributed by atoms with van der Waals surface area (Å²) in [6.07, 6.45) is 3.47. The van der Waals surface area contributed by atoms with Crippen molar-refractivity contribution in [3.05, 3.63) is 34.4 Å². The number of halogens is 1. The average Bonchev–Trinajstić information content (AvgIpc) is 2.60. The van der Waals surface area contributed by atoms with E-state index in [-0.39, 0.29) is 24.0 Å². The van der Waals surface area contributed by atoms with E-state index in [2.05, 4.69) is 10.2 Å². The van der Waals surface area contributed by atoms with Crippen molar-refractivity contribution in [1.82, 2.24) is 10.2 Å². The van der Waals surface area contributed by atoms with Gasteiger partial charge in [0.1, 0.15) is 0 Å². The Kier molecular flexibility index (Phi) is 8.82. The normalized spacial score (nSPS) is 15.4. The second kappa shape index (κ2) is 10.3. The predicted molar refractivity (Wildman–Crippen MR) is 101 cm³/mol. The van der Waals surface area contributed by atoms with Gasteiger partial charge in [0.25, 0.3) is 5.69 Å². The molecule has 1 saturated heterocycles. The molecule has 0 aromatic heterocycles. The fraction of sp³-hybridized carbons (Fsp3) is 0.588. The van der Waals surface area contributed by atoms with Gasteiger partial charge < -0.3 is 10.2 Å². The van der Waals surface area contributed by atoms with Crippen LogP contribution in [0.4, 0.5) is 11.4 Å². The summed E-state index contributed by atoms with van der Waals surface area (Å²) >= 11 is 0. The number of carbonyl (C=O) groups is 1. The molecule has 8 heteroatoms. The zero-order valence-corrected chi connectivity index (χ0v) is 15.6. The van der Waals surface area contributed by atoms with Crippen molar-refractivity contribution in [2.24, 2.45) is 5.92 Å². The number of likely N-dealkylation sites (tertiary alicyclic amines) is 1. The van der Waals surface area contributed by atoms with Crippen molar-refractivity contribution < 1.29 is 9.72 Å². The van der Waals surface area contributed by atoms with Gasteiger partial charge in [-0.05, 0) is 64.0 Å². The highest BCUT2D eigenvalue weighted by molar-refractivity contribution is 5.94. The molecular weight excluding hydrogens is 344 g/mol. The van der Waals surface area contributed by atoms with Crippen molar-refractivity contribution in [2.75, 3.05) is 45.2 Å². The average molecular weight is 371 g/mol. The smallest absolute Gasteiger partial charge is 0.269 e. The molecule has 1 aromatic rings. The Bertz CT molecular complexity index is 560. The summed E-state index contributed by atoms with van der Waals surface area (Å²) in [5.41, 5.74) is 0.706. The Hall–Kier alpha value is -1.70. The van der Waals surface area contributed by atoms with Gasteiger partial charge in [0.15, 0.2) is 0 Å². The molecule has 1 amide bonds. The van der Waals surface area contributed by atoms with Crippen LogP contribution in [-0.2, 0) is 4.79 Å². The first kappa shape index (κ1) is 21.3. The molecule has 1 fully saturated rings. The summed E-state index contributed by atoms with van der Waals surface area (Å²) in [5, 5.41) is 13.9. The first-order valence-electron chi connectivity index (χ1n) is 8.39. The quantitative estimate of drug-likeness (QED) is 0.588. The number of nitro groups is 1. The van der Waals surface area contributed by atoms with Gasteiger partial charge in [0, 0.05) is 24.9 Å². The van der Waals surface area contributed by atoms with Crippen LogP contribution < -0.4 is 10.2 Å². The van der Waals surface area contributed by atoms with Crippen LogP contribution in [0, 0.1) is 16.0 Å². The number of non-ortho nitro benzene ring substituents is 1. The molecule has 1 heterocycles. The van der Waals surface area contributed by atoms with Crippen LogP contribution in [-0.4, -0.2) is 56.0 Å². The lowest BCUT2D eigenvalue weighted by molar-refractivity contribution is -0.384. The molecule has 0 atom stereocenters. The van der Waals surface area contributed by atoms with Gasteiger partial charge in [0.2, 0.25) is 5.91 Å². The summed E-state index contributed by atoms with van der Waals surface area (Å²) in [6.45, 7) is 3.35. The number of rotatable bonds is 7. The number of likely N-dealkylation sites (N-methyl/N-ethyl adjacent to an activating group) is 1. The Morgan fingerprint density at radius 2 is 1.92 bits per heavy atom. The molecule has 25 heavy (non-hydrogen) atoms. The van der Waals surface area contributed by atoms with E-state index in [1.54, 1.807) is 24.1 Å². The van der Waals surface area contributed by atoms with Gasteiger partial charge in [-0.15, -0.1) is 12.4 Å². The van der Waals surface area contributed by atoms with E-state index in [1.165, 1.54) is 18.6 Å². The number of nitrogens with zero attached hydrogens (tertiary/aromatic N) is 3. The van der Waals surface area contributed by atoms with Gasteiger partial charge in [-0.25, -0.2) is 0 Å². The first-order valence-corrected chi connectivity index (χ1v) is 8.39. The fourth-order valence-corrected chi connectivity index (χ4v) is 3.02. The summed E-state index contributed by atoms with van der Waals surface area (Å²) in [6, 6.07) is 6.07. The lowest BCUT2D eigenvalue weighted by atomic mass is 9.93. The summed E-state index contributed by atoms with van der Waals surface area (Å²) in [5.74, 6) is 0.758. The van der Waals surface area contributed by atoms with Crippen molar-refractivity contribution in [3.63, 3.8) is 0 Å². The predicted octanol–water partition coefficient (Wildman–Crippen LogP) is 2.30. The highest BCUT2D eigenvalue weighted by atomic mass is 35.5. The third kappa shape index (κ3) is 6.26. The first-order chi connectivity index (χ1) is 11.5. The van der Waals surface area contributed by atoms with E-state index < -0.39 is 4.92 Å². The Balaban J connectivity index is 0.00000312. The number of nitrogens with one attached hydrogen (secondary N) is 1. The minimum atomic E-state index is -0.441. The number of piperidine rings is 1. The number of hydrogen-bond acceptors (Lipinski definition) is 5. The maximum Gasteiger partial charge on any atom is 0.269 e. The zero-order valence-electron chi connectivity index (χ0n) is 14.8. The molecule has 7 nitrogen and oxygen atoms in total. The summed E-state index contributed by atoms with van der Waals surface area (Å²) in [4.78, 5) is 26.4. The van der Waals surface area contributed by atoms with Crippen LogP contribution >= 0.6 is 12.4 Å². The van der Waals surface area contributed by atoms with Crippen LogP contribution in [0.25, 0.3) is 0 Å². The molecule has 2 rings (SSSR count). The van der Waals surface area contributed by atoms with Gasteiger partial charge in [-0.1, -0.05) is 0 Å². The highest BCUT2D eigenvalue weighted by Crippen LogP contribution is 2.21. The van der Waals surface area contributed by atoms with Crippen molar-refractivity contribution in [2.45, 2.75) is 19.3 Å². The van der Waals surface area contributed by atoms with Crippen LogP contribution in [0.5, 0.6) is 0 Å². The van der Waals surface area contributed by atoms with Gasteiger partial charge in [-0.2, -0.15) is 0 Å². The Morgan fingerprint density at radius 3 is 2.44 bits per heavy atom. The highest BCUT2D eigenvalue weighted by Gasteiger charge is 2.22. The third-order valence-electron chi connectivity index (χ3n) is 4.69. The van der Waals surface area contributed by atoms with Crippen molar-refractivity contribution >= 4 is 29.7 Å². The molecule has 0 radical (unpaired) electrons. The standard InChI is InChI=1S/C17H26N4O3.ClH/c1-18-10-7-14-8-11-20(12-9-14)13-17(22)19(2)15-3-5-16(6-4-15)21(23)24;/h3-6,14,18H,7-13H2,1-2H3;1H. The molecule has 1 aliphatic heterocycles. The second-order valence-corrected chi connectivity index (χ2v) is 6.34. The van der Waals surface area contributed by atoms with Crippen LogP contribution in [0.2, 0.25) is 0 Å². The van der Waals surface area contributed by atoms with E-state index in [1.807, 2.05) is 7.05 Å². The molecule has 0 saturated carbocycles. The van der Waals surface area contributed by atoms with Crippen LogP contribution in [0.15, 0.2) is 24.3 Å². The maximum atomic E-state index is 12.4. The van der Waals surface area contributed by atoms with E-state index in [9.17, 15) is 14.9 Å². The van der Waals surface area contributed by atoms with Gasteiger partial charge in [0.05, 0.1) is 11.5 Å². The number of hydrogen-bond donors (Lipinski definition) is 1. The molecule has 0 bridgehead atoms. The molecule has 1 aromatic carbocycles. The Labute approximate surface area is 154 Å². The molecule has 1 aliphatic rings. The second-order valence-electron chi connectivity index (χ2n) is 6.34. The number of benzene rings is 1. The minimum Gasteiger partial charge on any atom is -0.320 e. The molecule has 0 spiro atoms. The Morgan fingerprint density at radius 1 is 1.32 bits per heavy atom. The summed E-state index contributed by atoms with van der Waals surface area (Å²) in [7, 11) is 3.69. The maximum absolute atomic E-state index is 12.4. The van der Waals surface area contributed by atoms with Gasteiger partial charge in [-0.3, -0.25) is 19.8 Å². The zero-order chi connectivity index (χ0) is 17.5. The monoisotopic (exact) mass is 370 g/mol. The minimum absolute atomic E-state index is 0. The molecular formula is C17H27ClN4O3. The molecule has 1 N–H and O–H groups in total. The van der Waals surface area contributed by atoms with E-state index in [0.29, 0.717) is 12.2 Å². The van der Waals surface area contributed by atoms with Crippen molar-refractivity contribution in [1.29, 1.82) is 0 Å². The lowest BCUT2D eigenvalue weighted by Gasteiger charge is -2.32. The third-order valence-corrected chi connectivity index (χ3v) is 4.69. The lowest BCUT2D eigenvalue weighted by Crippen LogP contribution is -2.42. The van der Waals surface area contributed by atoms with Crippen molar-refractivity contribution in [3.8, 4) is 0 Å². The number of amides is 1. The SMILES string of the molecule is CNCCC1CCN(CC(=O)N(C)c2ccc([N+](=O)[O-])cc2)CC1.Cl. The fourth-order valence-electron chi connectivity index (χ4n) is 3.02. The summed E-state index contributed by atoms with van der Waals surface area (Å²) < 4.78 is 0. The number of anilines is 1. The number of nitro benzene ring substituents is 1. The van der Waals surface area contributed by atoms with Crippen LogP contribution in [0.1, 0.15) is 19.3 Å². The van der Waals surface area contributed by atoms with E-state index in [4.69, 9.17) is 0 Å². The van der Waals surface area contributed by atoms with Crippen LogP contribution in [0.3, 0.4) is 0 Å². The van der Waals surface area contributed by atoms with E-state index in [0.717, 1.165) is 38.4 Å². The molecule has 140 valence electrons. The molecule has 0 aliphatic carbocycles. The molecule has 0 unspecified atom stereocenters. The number of carbonyl (C=O) groups excluding carboxylic acids is 1.